The number of benzene rings is 1. The summed E-state index contributed by atoms with van der Waals surface area (Å²) in [4.78, 5) is 27.5. The van der Waals surface area contributed by atoms with E-state index >= 15 is 0 Å². The molecule has 7 nitrogen and oxygen atoms in total. The van der Waals surface area contributed by atoms with Gasteiger partial charge in [-0.1, -0.05) is 26.0 Å². The van der Waals surface area contributed by atoms with Crippen LogP contribution in [0.5, 0.6) is 0 Å². The summed E-state index contributed by atoms with van der Waals surface area (Å²) in [5, 5.41) is 8.18. The van der Waals surface area contributed by atoms with E-state index in [9.17, 15) is 14.0 Å². The molecule has 3 amide bonds. The molecule has 2 heterocycles. The van der Waals surface area contributed by atoms with E-state index in [4.69, 9.17) is 10.8 Å². The molecule has 1 aromatic carbocycles. The third-order valence-electron chi connectivity index (χ3n) is 8.62. The topological polar surface area (TPSA) is 93.2 Å². The van der Waals surface area contributed by atoms with E-state index in [2.05, 4.69) is 19.2 Å². The van der Waals surface area contributed by atoms with Crippen molar-refractivity contribution in [1.29, 1.82) is 0 Å². The van der Waals surface area contributed by atoms with E-state index < -0.39 is 6.03 Å². The molecule has 3 N–H and O–H groups in total. The minimum atomic E-state index is -0.520. The Kier molecular flexibility index (Phi) is 4.49. The first kappa shape index (κ1) is 21.6. The van der Waals surface area contributed by atoms with E-state index in [0.29, 0.717) is 41.5 Å². The number of primary amides is 1. The summed E-state index contributed by atoms with van der Waals surface area (Å²) in [5.74, 6) is 0.0807. The SMILES string of the molecule is CC12CC3CC(C)(C1)CC(NC(=O)c1c(-c4cccc(F)c4)nn4c1CN(C(N)=O)CC4)(C3)C2. The Morgan fingerprint density at radius 2 is 1.85 bits per heavy atom. The zero-order valence-electron chi connectivity index (χ0n) is 19.9. The van der Waals surface area contributed by atoms with Crippen LogP contribution in [0.4, 0.5) is 9.18 Å². The fourth-order valence-electron chi connectivity index (χ4n) is 8.47. The minimum absolute atomic E-state index is 0.180. The Labute approximate surface area is 198 Å². The molecular formula is C26H32FN5O2. The van der Waals surface area contributed by atoms with Gasteiger partial charge < -0.3 is 16.0 Å². The van der Waals surface area contributed by atoms with Crippen molar-refractivity contribution in [1.82, 2.24) is 20.0 Å². The number of hydrogen-bond donors (Lipinski definition) is 2. The van der Waals surface area contributed by atoms with Gasteiger partial charge in [0.1, 0.15) is 11.5 Å². The Hall–Kier alpha value is -2.90. The molecule has 180 valence electrons. The van der Waals surface area contributed by atoms with Crippen molar-refractivity contribution >= 4 is 11.9 Å². The largest absolute Gasteiger partial charge is 0.351 e. The molecule has 5 aliphatic rings. The number of halogens is 1. The van der Waals surface area contributed by atoms with E-state index in [1.165, 1.54) is 36.3 Å². The first-order chi connectivity index (χ1) is 16.1. The lowest BCUT2D eigenvalue weighted by Crippen LogP contribution is -2.65. The smallest absolute Gasteiger partial charge is 0.315 e. The first-order valence-electron chi connectivity index (χ1n) is 12.3. The highest BCUT2D eigenvalue weighted by Crippen LogP contribution is 2.66. The van der Waals surface area contributed by atoms with Crippen molar-refractivity contribution in [3.63, 3.8) is 0 Å². The number of fused-ring (bicyclic) bond motifs is 1. The Bertz CT molecular complexity index is 1190. The number of amides is 3. The zero-order chi connectivity index (χ0) is 23.9. The molecule has 4 bridgehead atoms. The summed E-state index contributed by atoms with van der Waals surface area (Å²) in [5.41, 5.74) is 7.95. The molecule has 1 aliphatic heterocycles. The van der Waals surface area contributed by atoms with E-state index in [0.717, 1.165) is 19.3 Å². The number of aromatic nitrogens is 2. The molecule has 0 spiro atoms. The van der Waals surface area contributed by atoms with Gasteiger partial charge in [-0.05, 0) is 67.4 Å². The number of carbonyl (C=O) groups excluding carboxylic acids is 2. The predicted octanol–water partition coefficient (Wildman–Crippen LogP) is 4.06. The van der Waals surface area contributed by atoms with Crippen molar-refractivity contribution in [3.8, 4) is 11.3 Å². The summed E-state index contributed by atoms with van der Waals surface area (Å²) >= 11 is 0. The van der Waals surface area contributed by atoms with Gasteiger partial charge in [0.15, 0.2) is 0 Å². The fraction of sp³-hybridized carbons (Fsp3) is 0.577. The molecule has 0 saturated heterocycles. The first-order valence-corrected chi connectivity index (χ1v) is 12.3. The summed E-state index contributed by atoms with van der Waals surface area (Å²) in [6.45, 7) is 5.83. The van der Waals surface area contributed by atoms with Crippen LogP contribution in [0, 0.1) is 22.6 Å². The van der Waals surface area contributed by atoms with Crippen LogP contribution in [-0.2, 0) is 13.1 Å². The lowest BCUT2D eigenvalue weighted by molar-refractivity contribution is -0.114. The maximum absolute atomic E-state index is 14.1. The molecule has 34 heavy (non-hydrogen) atoms. The lowest BCUT2D eigenvalue weighted by Gasteiger charge is -2.65. The van der Waals surface area contributed by atoms with Gasteiger partial charge >= 0.3 is 6.03 Å². The van der Waals surface area contributed by atoms with Gasteiger partial charge in [0.25, 0.3) is 5.91 Å². The summed E-state index contributed by atoms with van der Waals surface area (Å²) in [6, 6.07) is 5.66. The molecule has 8 heteroatoms. The normalized spacial score (nSPS) is 33.6. The van der Waals surface area contributed by atoms with Crippen molar-refractivity contribution in [2.45, 2.75) is 71.0 Å². The molecule has 7 rings (SSSR count). The van der Waals surface area contributed by atoms with Crippen LogP contribution in [0.25, 0.3) is 11.3 Å². The second-order valence-corrected chi connectivity index (χ2v) is 12.0. The number of rotatable bonds is 3. The second-order valence-electron chi connectivity index (χ2n) is 12.0. The minimum Gasteiger partial charge on any atom is -0.351 e. The third-order valence-corrected chi connectivity index (χ3v) is 8.62. The molecule has 4 fully saturated rings. The summed E-state index contributed by atoms with van der Waals surface area (Å²) < 4.78 is 15.9. The second kappa shape index (κ2) is 7.06. The standard InChI is InChI=1S/C26H32FN5O2/c1-24-9-16-10-25(2,13-24)15-26(11-16,14-24)29-22(33)20-19-12-31(23(28)34)6-7-32(19)30-21(20)17-4-3-5-18(27)8-17/h3-5,8,16H,6-7,9-15H2,1-2H3,(H2,28,34)(H,29,33). The van der Waals surface area contributed by atoms with Gasteiger partial charge in [-0.25, -0.2) is 9.18 Å². The number of urea groups is 1. The van der Waals surface area contributed by atoms with E-state index in [1.54, 1.807) is 16.8 Å². The van der Waals surface area contributed by atoms with Crippen LogP contribution in [0.1, 0.15) is 68.4 Å². The van der Waals surface area contributed by atoms with E-state index in [-0.39, 0.29) is 34.6 Å². The highest BCUT2D eigenvalue weighted by Gasteiger charge is 2.60. The fourth-order valence-corrected chi connectivity index (χ4v) is 8.47. The van der Waals surface area contributed by atoms with Crippen LogP contribution in [0.15, 0.2) is 24.3 Å². The van der Waals surface area contributed by atoms with Crippen LogP contribution >= 0.6 is 0 Å². The van der Waals surface area contributed by atoms with Crippen molar-refractivity contribution in [2.75, 3.05) is 6.54 Å². The average Bonchev–Trinajstić information content (AvgIpc) is 3.09. The number of nitrogens with two attached hydrogens (primary N) is 1. The molecule has 4 aliphatic carbocycles. The monoisotopic (exact) mass is 465 g/mol. The van der Waals surface area contributed by atoms with Crippen LogP contribution < -0.4 is 11.1 Å². The van der Waals surface area contributed by atoms with Gasteiger partial charge in [-0.15, -0.1) is 0 Å². The third kappa shape index (κ3) is 3.41. The maximum Gasteiger partial charge on any atom is 0.315 e. The van der Waals surface area contributed by atoms with Gasteiger partial charge in [0.05, 0.1) is 24.3 Å². The number of nitrogens with one attached hydrogen (secondary N) is 1. The maximum atomic E-state index is 14.1. The molecule has 2 aromatic rings. The molecular weight excluding hydrogens is 433 g/mol. The molecule has 2 atom stereocenters. The quantitative estimate of drug-likeness (QED) is 0.716. The molecule has 0 radical (unpaired) electrons. The van der Waals surface area contributed by atoms with E-state index in [1.807, 2.05) is 0 Å². The zero-order valence-corrected chi connectivity index (χ0v) is 19.9. The van der Waals surface area contributed by atoms with Crippen LogP contribution in [0.2, 0.25) is 0 Å². The summed E-state index contributed by atoms with van der Waals surface area (Å²) in [7, 11) is 0. The average molecular weight is 466 g/mol. The van der Waals surface area contributed by atoms with Crippen molar-refractivity contribution in [3.05, 3.63) is 41.3 Å². The highest BCUT2D eigenvalue weighted by atomic mass is 19.1. The van der Waals surface area contributed by atoms with Crippen molar-refractivity contribution in [2.24, 2.45) is 22.5 Å². The van der Waals surface area contributed by atoms with Crippen LogP contribution in [0.3, 0.4) is 0 Å². The van der Waals surface area contributed by atoms with Gasteiger partial charge in [0.2, 0.25) is 0 Å². The lowest BCUT2D eigenvalue weighted by atomic mass is 9.43. The summed E-state index contributed by atoms with van der Waals surface area (Å²) in [6.07, 6.45) is 6.69. The number of carbonyl (C=O) groups is 2. The molecule has 4 saturated carbocycles. The van der Waals surface area contributed by atoms with Gasteiger partial charge in [-0.3, -0.25) is 9.48 Å². The Morgan fingerprint density at radius 1 is 1.12 bits per heavy atom. The molecule has 2 unspecified atom stereocenters. The van der Waals surface area contributed by atoms with Gasteiger partial charge in [0, 0.05) is 17.6 Å². The number of hydrogen-bond acceptors (Lipinski definition) is 3. The highest BCUT2D eigenvalue weighted by molar-refractivity contribution is 6.01. The predicted molar refractivity (Wildman–Crippen MR) is 125 cm³/mol. The van der Waals surface area contributed by atoms with Gasteiger partial charge in [-0.2, -0.15) is 5.10 Å². The Morgan fingerprint density at radius 3 is 2.50 bits per heavy atom. The molecule has 1 aromatic heterocycles. The van der Waals surface area contributed by atoms with Crippen LogP contribution in [-0.4, -0.2) is 38.7 Å². The number of nitrogens with zero attached hydrogens (tertiary/aromatic N) is 3. The van der Waals surface area contributed by atoms with Crippen molar-refractivity contribution < 1.29 is 14.0 Å². The Balaban J connectivity index is 1.41.